The molecule has 1 aromatic heterocycles. The first-order valence-corrected chi connectivity index (χ1v) is 13.1. The Morgan fingerprint density at radius 3 is 2.72 bits per heavy atom. The zero-order chi connectivity index (χ0) is 24.0. The summed E-state index contributed by atoms with van der Waals surface area (Å²) in [6.07, 6.45) is 10.4. The van der Waals surface area contributed by atoms with Gasteiger partial charge in [-0.05, 0) is 85.6 Å². The molecule has 3 aromatic rings. The molecule has 2 saturated carbocycles. The number of esters is 1. The Bertz CT molecular complexity index is 1250. The van der Waals surface area contributed by atoms with E-state index in [-0.39, 0.29) is 34.5 Å². The smallest absolute Gasteiger partial charge is 0.344 e. The van der Waals surface area contributed by atoms with Crippen molar-refractivity contribution in [3.8, 4) is 5.75 Å². The molecule has 2 fully saturated rings. The van der Waals surface area contributed by atoms with Gasteiger partial charge in [-0.3, -0.25) is 0 Å². The summed E-state index contributed by atoms with van der Waals surface area (Å²) < 4.78 is 8.30. The summed E-state index contributed by atoms with van der Waals surface area (Å²) in [7, 11) is 0. The summed E-state index contributed by atoms with van der Waals surface area (Å²) in [5.41, 5.74) is 4.63. The Kier molecular flexibility index (Phi) is 6.95. The van der Waals surface area contributed by atoms with Gasteiger partial charge in [-0.1, -0.05) is 43.3 Å². The predicted octanol–water partition coefficient (Wildman–Crippen LogP) is 2.81. The van der Waals surface area contributed by atoms with E-state index in [0.717, 1.165) is 38.6 Å². The number of carbonyl (C=O) groups is 1. The van der Waals surface area contributed by atoms with Gasteiger partial charge >= 0.3 is 5.97 Å². The molecule has 5 heteroatoms. The minimum Gasteiger partial charge on any atom is -1.00 e. The summed E-state index contributed by atoms with van der Waals surface area (Å²) >= 11 is 0. The van der Waals surface area contributed by atoms with Crippen molar-refractivity contribution in [2.24, 2.45) is 17.3 Å². The van der Waals surface area contributed by atoms with Crippen LogP contribution in [-0.2, 0) is 17.7 Å². The second-order valence-corrected chi connectivity index (χ2v) is 11.1. The van der Waals surface area contributed by atoms with Gasteiger partial charge < -0.3 is 26.8 Å². The Morgan fingerprint density at radius 1 is 1.06 bits per heavy atom. The Balaban J connectivity index is 0.00000267. The lowest BCUT2D eigenvalue weighted by Crippen LogP contribution is -3.00. The summed E-state index contributed by atoms with van der Waals surface area (Å²) in [4.78, 5) is 13.2. The number of phenolic OH excluding ortho intramolecular Hbond substituents is 1. The summed E-state index contributed by atoms with van der Waals surface area (Å²) in [6.45, 7) is 3.10. The van der Waals surface area contributed by atoms with Gasteiger partial charge in [0.05, 0.1) is 0 Å². The lowest BCUT2D eigenvalue weighted by Gasteiger charge is -2.50. The molecular formula is C31H34BrNO3. The SMILES string of the molecule is C[C@]12CC[C@@H]3c4ccc(O)cc4CC[C@H]3[C@@H]1CC[C@H]2OC(=O)c1ccc[n+](Cc2ccccc2)c1.[Br-]. The van der Waals surface area contributed by atoms with Crippen molar-refractivity contribution in [3.63, 3.8) is 0 Å². The highest BCUT2D eigenvalue weighted by molar-refractivity contribution is 5.88. The summed E-state index contributed by atoms with van der Waals surface area (Å²) in [5.74, 6) is 1.96. The minimum atomic E-state index is -0.203. The van der Waals surface area contributed by atoms with Crippen molar-refractivity contribution >= 4 is 5.97 Å². The third-order valence-electron chi connectivity index (χ3n) is 9.17. The molecule has 1 N–H and O–H groups in total. The van der Waals surface area contributed by atoms with Crippen LogP contribution in [0.1, 0.15) is 72.0 Å². The van der Waals surface area contributed by atoms with Crippen molar-refractivity contribution in [1.29, 1.82) is 0 Å². The number of fused-ring (bicyclic) bond motifs is 5. The quantitative estimate of drug-likeness (QED) is 0.403. The molecule has 3 aliphatic rings. The van der Waals surface area contributed by atoms with E-state index in [1.807, 2.05) is 59.4 Å². The fraction of sp³-hybridized carbons (Fsp3) is 0.419. The molecule has 0 saturated heterocycles. The first-order chi connectivity index (χ1) is 17.0. The number of aromatic hydroxyl groups is 1. The maximum atomic E-state index is 13.2. The number of ether oxygens (including phenoxy) is 1. The molecule has 0 bridgehead atoms. The largest absolute Gasteiger partial charge is 1.00 e. The summed E-state index contributed by atoms with van der Waals surface area (Å²) in [5, 5.41) is 9.93. The van der Waals surface area contributed by atoms with Crippen LogP contribution in [0, 0.1) is 17.3 Å². The monoisotopic (exact) mass is 547 g/mol. The normalized spacial score (nSPS) is 28.2. The van der Waals surface area contributed by atoms with Gasteiger partial charge in [0.2, 0.25) is 0 Å². The average Bonchev–Trinajstić information content (AvgIpc) is 3.20. The van der Waals surface area contributed by atoms with Gasteiger partial charge in [0.25, 0.3) is 0 Å². The van der Waals surface area contributed by atoms with Crippen LogP contribution in [-0.4, -0.2) is 17.2 Å². The van der Waals surface area contributed by atoms with E-state index >= 15 is 0 Å². The fourth-order valence-electron chi connectivity index (χ4n) is 7.45. The van der Waals surface area contributed by atoms with Crippen LogP contribution in [0.15, 0.2) is 73.1 Å². The van der Waals surface area contributed by atoms with Crippen LogP contribution in [0.3, 0.4) is 0 Å². The number of aryl methyl sites for hydroxylation is 1. The van der Waals surface area contributed by atoms with E-state index in [9.17, 15) is 9.90 Å². The topological polar surface area (TPSA) is 50.4 Å². The first-order valence-electron chi connectivity index (χ1n) is 13.1. The fourth-order valence-corrected chi connectivity index (χ4v) is 7.45. The molecule has 0 radical (unpaired) electrons. The molecule has 3 aliphatic carbocycles. The molecule has 5 atom stereocenters. The van der Waals surface area contributed by atoms with E-state index in [0.29, 0.717) is 29.1 Å². The Morgan fingerprint density at radius 2 is 1.89 bits per heavy atom. The number of hydrogen-bond donors (Lipinski definition) is 1. The van der Waals surface area contributed by atoms with Gasteiger partial charge in [-0.2, -0.15) is 4.57 Å². The number of pyridine rings is 1. The number of hydrogen-bond acceptors (Lipinski definition) is 3. The lowest BCUT2D eigenvalue weighted by atomic mass is 9.55. The average molecular weight is 549 g/mol. The molecule has 0 aliphatic heterocycles. The molecule has 1 heterocycles. The highest BCUT2D eigenvalue weighted by Crippen LogP contribution is 2.61. The number of rotatable bonds is 4. The lowest BCUT2D eigenvalue weighted by molar-refractivity contribution is -0.688. The van der Waals surface area contributed by atoms with Crippen molar-refractivity contribution in [2.45, 2.75) is 64.0 Å². The van der Waals surface area contributed by atoms with Gasteiger partial charge in [-0.15, -0.1) is 0 Å². The van der Waals surface area contributed by atoms with E-state index in [1.165, 1.54) is 23.1 Å². The third-order valence-corrected chi connectivity index (χ3v) is 9.17. The number of aromatic nitrogens is 1. The molecule has 36 heavy (non-hydrogen) atoms. The standard InChI is InChI=1S/C31H33NO3.BrH/c1-31-16-15-26-25-12-10-24(33)18-22(25)9-11-27(26)28(31)13-14-29(31)35-30(34)23-8-5-17-32(20-23)19-21-6-3-2-4-7-21;/h2-8,10,12,17-18,20,26-29H,9,11,13-16,19H2,1H3;1H/t26-,27-,28+,29-,31+;/m1./s1. The van der Waals surface area contributed by atoms with Crippen LogP contribution in [0.5, 0.6) is 5.75 Å². The highest BCUT2D eigenvalue weighted by Gasteiger charge is 2.56. The molecule has 0 amide bonds. The highest BCUT2D eigenvalue weighted by atomic mass is 79.9. The van der Waals surface area contributed by atoms with Crippen LogP contribution in [0.2, 0.25) is 0 Å². The van der Waals surface area contributed by atoms with E-state index in [1.54, 1.807) is 0 Å². The van der Waals surface area contributed by atoms with Gasteiger partial charge in [0.15, 0.2) is 18.9 Å². The molecular weight excluding hydrogens is 514 g/mol. The van der Waals surface area contributed by atoms with E-state index in [4.69, 9.17) is 4.74 Å². The van der Waals surface area contributed by atoms with E-state index < -0.39 is 0 Å². The maximum Gasteiger partial charge on any atom is 0.344 e. The molecule has 0 spiro atoms. The number of carbonyl (C=O) groups excluding carboxylic acids is 1. The molecule has 0 unspecified atom stereocenters. The van der Waals surface area contributed by atoms with Crippen molar-refractivity contribution in [3.05, 3.63) is 95.3 Å². The second kappa shape index (κ2) is 10.0. The number of benzene rings is 2. The number of phenols is 1. The minimum absolute atomic E-state index is 0. The predicted molar refractivity (Wildman–Crippen MR) is 134 cm³/mol. The number of nitrogens with zero attached hydrogens (tertiary/aromatic N) is 1. The van der Waals surface area contributed by atoms with Crippen molar-refractivity contribution < 1.29 is 36.2 Å². The van der Waals surface area contributed by atoms with Gasteiger partial charge in [0.1, 0.15) is 17.4 Å². The Labute approximate surface area is 224 Å². The van der Waals surface area contributed by atoms with Crippen molar-refractivity contribution in [2.75, 3.05) is 0 Å². The zero-order valence-electron chi connectivity index (χ0n) is 20.8. The van der Waals surface area contributed by atoms with Gasteiger partial charge in [0, 0.05) is 17.0 Å². The zero-order valence-corrected chi connectivity index (χ0v) is 22.4. The van der Waals surface area contributed by atoms with Crippen molar-refractivity contribution in [1.82, 2.24) is 0 Å². The van der Waals surface area contributed by atoms with E-state index in [2.05, 4.69) is 25.1 Å². The summed E-state index contributed by atoms with van der Waals surface area (Å²) in [6, 6.07) is 20.0. The molecule has 6 rings (SSSR count). The van der Waals surface area contributed by atoms with Crippen LogP contribution < -0.4 is 21.5 Å². The molecule has 2 aromatic carbocycles. The molecule has 4 nitrogen and oxygen atoms in total. The third kappa shape index (κ3) is 4.47. The Hall–Kier alpha value is -2.66. The maximum absolute atomic E-state index is 13.2. The number of halogens is 1. The first kappa shape index (κ1) is 25.0. The van der Waals surface area contributed by atoms with Crippen LogP contribution in [0.4, 0.5) is 0 Å². The second-order valence-electron chi connectivity index (χ2n) is 11.1. The van der Waals surface area contributed by atoms with Crippen LogP contribution in [0.25, 0.3) is 0 Å². The van der Waals surface area contributed by atoms with Crippen LogP contribution >= 0.6 is 0 Å². The molecule has 188 valence electrons. The van der Waals surface area contributed by atoms with Gasteiger partial charge in [-0.25, -0.2) is 4.79 Å².